The number of piperazine rings is 1. The molecule has 5 nitrogen and oxygen atoms in total. The summed E-state index contributed by atoms with van der Waals surface area (Å²) in [5.74, 6) is 1.07. The van der Waals surface area contributed by atoms with Gasteiger partial charge < -0.3 is 19.5 Å². The Kier molecular flexibility index (Phi) is 10.7. The smallest absolute Gasteiger partial charge is 0.496 e. The number of ether oxygens (including phenoxy) is 3. The van der Waals surface area contributed by atoms with Crippen LogP contribution in [0.25, 0.3) is 0 Å². The van der Waals surface area contributed by atoms with E-state index in [0.29, 0.717) is 11.5 Å². The summed E-state index contributed by atoms with van der Waals surface area (Å²) >= 11 is 3.47. The second kappa shape index (κ2) is 12.0. The molecule has 0 amide bonds. The van der Waals surface area contributed by atoms with Gasteiger partial charge in [0.2, 0.25) is 0 Å². The first-order valence-electron chi connectivity index (χ1n) is 9.04. The highest BCUT2D eigenvalue weighted by Gasteiger charge is 2.32. The van der Waals surface area contributed by atoms with E-state index < -0.39 is 6.36 Å². The molecule has 2 aromatic rings. The molecule has 0 saturated carbocycles. The van der Waals surface area contributed by atoms with Crippen molar-refractivity contribution in [2.75, 3.05) is 40.4 Å². The largest absolute Gasteiger partial charge is 0.573 e. The Balaban J connectivity index is 0.00000240. The molecule has 2 aromatic carbocycles. The van der Waals surface area contributed by atoms with E-state index in [9.17, 15) is 13.2 Å². The quantitative estimate of drug-likeness (QED) is 0.538. The molecule has 1 atom stereocenters. The van der Waals surface area contributed by atoms with Crippen LogP contribution >= 0.6 is 40.7 Å². The highest BCUT2D eigenvalue weighted by molar-refractivity contribution is 9.10. The molecule has 1 fully saturated rings. The molecule has 1 aliphatic heterocycles. The van der Waals surface area contributed by atoms with Crippen LogP contribution in [0.1, 0.15) is 17.2 Å². The van der Waals surface area contributed by atoms with Crippen LogP contribution in [0.5, 0.6) is 17.2 Å². The molecule has 1 heterocycles. The van der Waals surface area contributed by atoms with Crippen molar-refractivity contribution in [2.45, 2.75) is 12.4 Å². The van der Waals surface area contributed by atoms with E-state index >= 15 is 0 Å². The lowest BCUT2D eigenvalue weighted by Gasteiger charge is -2.36. The Labute approximate surface area is 200 Å². The number of hydrogen-bond acceptors (Lipinski definition) is 5. The Morgan fingerprint density at radius 2 is 1.55 bits per heavy atom. The maximum atomic E-state index is 12.5. The molecule has 11 heteroatoms. The minimum absolute atomic E-state index is 0. The van der Waals surface area contributed by atoms with Gasteiger partial charge in [0.05, 0.1) is 24.7 Å². The minimum Gasteiger partial charge on any atom is -0.496 e. The summed E-state index contributed by atoms with van der Waals surface area (Å²) in [7, 11) is 3.17. The van der Waals surface area contributed by atoms with Gasteiger partial charge in [-0.1, -0.05) is 12.1 Å². The van der Waals surface area contributed by atoms with Gasteiger partial charge in [0.15, 0.2) is 0 Å². The Hall–Kier alpha value is -1.39. The molecule has 3 rings (SSSR count). The zero-order valence-corrected chi connectivity index (χ0v) is 20.1. The van der Waals surface area contributed by atoms with Gasteiger partial charge in [-0.25, -0.2) is 0 Å². The fourth-order valence-corrected chi connectivity index (χ4v) is 3.96. The van der Waals surface area contributed by atoms with E-state index in [0.717, 1.165) is 41.8 Å². The summed E-state index contributed by atoms with van der Waals surface area (Å²) in [5, 5.41) is 3.32. The Morgan fingerprint density at radius 1 is 0.968 bits per heavy atom. The third kappa shape index (κ3) is 7.05. The number of nitrogens with one attached hydrogen (secondary N) is 1. The topological polar surface area (TPSA) is 43.0 Å². The maximum Gasteiger partial charge on any atom is 0.573 e. The molecular weight excluding hydrogens is 524 g/mol. The average Bonchev–Trinajstić information content (AvgIpc) is 2.70. The summed E-state index contributed by atoms with van der Waals surface area (Å²) in [4.78, 5) is 2.27. The van der Waals surface area contributed by atoms with E-state index in [1.165, 1.54) is 12.1 Å². The van der Waals surface area contributed by atoms with E-state index in [4.69, 9.17) is 9.47 Å². The van der Waals surface area contributed by atoms with Crippen LogP contribution < -0.4 is 19.5 Å². The van der Waals surface area contributed by atoms with E-state index in [2.05, 4.69) is 30.9 Å². The summed E-state index contributed by atoms with van der Waals surface area (Å²) in [6.45, 7) is 3.21. The van der Waals surface area contributed by atoms with Crippen LogP contribution in [0.4, 0.5) is 13.2 Å². The lowest BCUT2D eigenvalue weighted by Crippen LogP contribution is -2.45. The van der Waals surface area contributed by atoms with Crippen molar-refractivity contribution in [2.24, 2.45) is 0 Å². The first-order chi connectivity index (χ1) is 13.8. The van der Waals surface area contributed by atoms with E-state index in [-0.39, 0.29) is 36.6 Å². The van der Waals surface area contributed by atoms with Crippen LogP contribution in [-0.4, -0.2) is 51.7 Å². The summed E-state index contributed by atoms with van der Waals surface area (Å²) in [6.07, 6.45) is -4.72. The number of benzene rings is 2. The van der Waals surface area contributed by atoms with Crippen LogP contribution in [0, 0.1) is 0 Å². The number of methoxy groups -OCH3 is 2. The van der Waals surface area contributed by atoms with Gasteiger partial charge in [-0.3, -0.25) is 4.90 Å². The van der Waals surface area contributed by atoms with Gasteiger partial charge in [-0.2, -0.15) is 0 Å². The van der Waals surface area contributed by atoms with Crippen LogP contribution in [0.3, 0.4) is 0 Å². The predicted octanol–water partition coefficient (Wildman–Crippen LogP) is 5.20. The average molecular weight is 548 g/mol. The number of rotatable bonds is 6. The third-order valence-corrected chi connectivity index (χ3v) is 5.36. The first kappa shape index (κ1) is 27.6. The Bertz CT molecular complexity index is 836. The molecule has 0 spiro atoms. The fourth-order valence-electron chi connectivity index (χ4n) is 3.48. The van der Waals surface area contributed by atoms with E-state index in [1.807, 2.05) is 12.1 Å². The molecule has 0 unspecified atom stereocenters. The molecule has 1 saturated heterocycles. The first-order valence-corrected chi connectivity index (χ1v) is 9.83. The van der Waals surface area contributed by atoms with Gasteiger partial charge >= 0.3 is 6.36 Å². The van der Waals surface area contributed by atoms with Crippen LogP contribution in [0.15, 0.2) is 40.9 Å². The predicted molar refractivity (Wildman–Crippen MR) is 121 cm³/mol. The molecule has 174 valence electrons. The SMILES string of the molecule is COc1cc([C@H](c2ccc(OC(F)(F)F)cc2)N2CCNCC2)c(OC)cc1Br.Cl.Cl. The second-order valence-corrected chi connectivity index (χ2v) is 7.39. The van der Waals surface area contributed by atoms with Crippen molar-refractivity contribution in [3.8, 4) is 17.2 Å². The minimum atomic E-state index is -4.72. The number of alkyl halides is 3. The summed E-state index contributed by atoms with van der Waals surface area (Å²) < 4.78 is 53.3. The standard InChI is InChI=1S/C20H22BrF3N2O3.2ClH/c1-27-17-12-16(21)18(28-2)11-15(17)19(26-9-7-25-8-10-26)13-3-5-14(6-4-13)29-20(22,23)24;;/h3-6,11-12,19,25H,7-10H2,1-2H3;2*1H/t19-;;/m0../s1. The van der Waals surface area contributed by atoms with Crippen molar-refractivity contribution >= 4 is 40.7 Å². The monoisotopic (exact) mass is 546 g/mol. The zero-order chi connectivity index (χ0) is 21.0. The summed E-state index contributed by atoms with van der Waals surface area (Å²) in [5.41, 5.74) is 1.71. The second-order valence-electron chi connectivity index (χ2n) is 6.53. The van der Waals surface area contributed by atoms with Gasteiger partial charge in [0.1, 0.15) is 17.2 Å². The lowest BCUT2D eigenvalue weighted by atomic mass is 9.95. The molecule has 1 aliphatic rings. The van der Waals surface area contributed by atoms with Crippen molar-refractivity contribution < 1.29 is 27.4 Å². The maximum absolute atomic E-state index is 12.5. The van der Waals surface area contributed by atoms with Crippen LogP contribution in [-0.2, 0) is 0 Å². The van der Waals surface area contributed by atoms with E-state index in [1.54, 1.807) is 26.4 Å². The van der Waals surface area contributed by atoms with Crippen molar-refractivity contribution in [1.82, 2.24) is 10.2 Å². The molecule has 0 bridgehead atoms. The molecule has 31 heavy (non-hydrogen) atoms. The van der Waals surface area contributed by atoms with Gasteiger partial charge in [0, 0.05) is 31.7 Å². The zero-order valence-electron chi connectivity index (χ0n) is 16.9. The normalized spacial score (nSPS) is 15.3. The fraction of sp³-hybridized carbons (Fsp3) is 0.400. The molecule has 0 aliphatic carbocycles. The highest BCUT2D eigenvalue weighted by atomic mass is 79.9. The van der Waals surface area contributed by atoms with Crippen molar-refractivity contribution in [3.05, 3.63) is 52.0 Å². The lowest BCUT2D eigenvalue weighted by molar-refractivity contribution is -0.274. The molecule has 1 N–H and O–H groups in total. The number of halogens is 6. The molecule has 0 radical (unpaired) electrons. The van der Waals surface area contributed by atoms with Gasteiger partial charge in [0.25, 0.3) is 0 Å². The number of hydrogen-bond donors (Lipinski definition) is 1. The molecule has 0 aromatic heterocycles. The summed E-state index contributed by atoms with van der Waals surface area (Å²) in [6, 6.07) is 9.50. The number of nitrogens with zero attached hydrogens (tertiary/aromatic N) is 1. The van der Waals surface area contributed by atoms with Gasteiger partial charge in [-0.15, -0.1) is 38.0 Å². The molecular formula is C20H24BrCl2F3N2O3. The highest BCUT2D eigenvalue weighted by Crippen LogP contribution is 2.41. The third-order valence-electron chi connectivity index (χ3n) is 4.74. The Morgan fingerprint density at radius 3 is 2.06 bits per heavy atom. The van der Waals surface area contributed by atoms with Crippen LogP contribution in [0.2, 0.25) is 0 Å². The van der Waals surface area contributed by atoms with Gasteiger partial charge in [-0.05, 0) is 45.8 Å². The van der Waals surface area contributed by atoms with Crippen molar-refractivity contribution in [3.63, 3.8) is 0 Å². The van der Waals surface area contributed by atoms with Crippen molar-refractivity contribution in [1.29, 1.82) is 0 Å².